The van der Waals surface area contributed by atoms with Crippen molar-refractivity contribution in [3.05, 3.63) is 59.3 Å². The highest BCUT2D eigenvalue weighted by molar-refractivity contribution is 5.82. The van der Waals surface area contributed by atoms with E-state index in [1.807, 2.05) is 0 Å². The van der Waals surface area contributed by atoms with Crippen molar-refractivity contribution in [1.82, 2.24) is 4.90 Å². The Kier molecular flexibility index (Phi) is 6.76. The van der Waals surface area contributed by atoms with Gasteiger partial charge in [-0.1, -0.05) is 49.6 Å². The number of hydrogen-bond donors (Lipinski definition) is 1. The molecule has 36 heavy (non-hydrogen) atoms. The number of hydrogen-bond acceptors (Lipinski definition) is 2. The van der Waals surface area contributed by atoms with Crippen molar-refractivity contribution in [3.8, 4) is 5.88 Å². The van der Waals surface area contributed by atoms with Gasteiger partial charge in [-0.3, -0.25) is 4.79 Å². The van der Waals surface area contributed by atoms with Crippen molar-refractivity contribution in [3.63, 3.8) is 0 Å². The number of nitrogens with one attached hydrogen (secondary N) is 1. The number of rotatable bonds is 3. The van der Waals surface area contributed by atoms with Crippen LogP contribution in [-0.4, -0.2) is 43.1 Å². The number of piperidine rings is 1. The standard InChI is InChI=1S/C31H41N3O2/c1-22-13-14-26-29(33-22)36-18-8-16-31(26)21-32-20-27(31)30(35)34-17-15-25(23-9-4-2-5-10-23)19-28(34)24-11-6-3-7-12-24/h2,4-5,9-10,13-14,24-25,27-28,32H,3,6-8,11-12,15-21H2,1H3/p+2/t25-,27+,28+,31+/m1/s1. The molecule has 1 aromatic heterocycles. The number of aromatic amines is 1. The van der Waals surface area contributed by atoms with Crippen molar-refractivity contribution in [2.45, 2.75) is 82.1 Å². The summed E-state index contributed by atoms with van der Waals surface area (Å²) in [5.41, 5.74) is 3.65. The minimum absolute atomic E-state index is 0.0217. The lowest BCUT2D eigenvalue weighted by molar-refractivity contribution is -0.640. The Morgan fingerprint density at radius 1 is 1.06 bits per heavy atom. The van der Waals surface area contributed by atoms with E-state index in [0.29, 0.717) is 23.8 Å². The lowest BCUT2D eigenvalue weighted by atomic mass is 9.68. The van der Waals surface area contributed by atoms with E-state index in [9.17, 15) is 4.79 Å². The van der Waals surface area contributed by atoms with Gasteiger partial charge in [-0.05, 0) is 62.0 Å². The van der Waals surface area contributed by atoms with Gasteiger partial charge in [0.2, 0.25) is 5.91 Å². The molecule has 5 nitrogen and oxygen atoms in total. The Morgan fingerprint density at radius 2 is 1.89 bits per heavy atom. The number of aromatic nitrogens is 1. The van der Waals surface area contributed by atoms with Gasteiger partial charge in [0.15, 0.2) is 5.69 Å². The predicted molar refractivity (Wildman–Crippen MR) is 140 cm³/mol. The van der Waals surface area contributed by atoms with Gasteiger partial charge in [0.1, 0.15) is 5.92 Å². The number of likely N-dealkylation sites (tertiary alicyclic amines) is 1. The molecule has 3 fully saturated rings. The quantitative estimate of drug-likeness (QED) is 0.714. The van der Waals surface area contributed by atoms with Gasteiger partial charge in [0.05, 0.1) is 30.7 Å². The zero-order chi connectivity index (χ0) is 24.5. The van der Waals surface area contributed by atoms with Crippen LogP contribution in [0.15, 0.2) is 42.5 Å². The van der Waals surface area contributed by atoms with Crippen LogP contribution in [-0.2, 0) is 10.2 Å². The van der Waals surface area contributed by atoms with Crippen molar-refractivity contribution in [1.29, 1.82) is 0 Å². The molecule has 1 aliphatic carbocycles. The fourth-order valence-electron chi connectivity index (χ4n) is 8.03. The molecule has 6 rings (SSSR count). The highest BCUT2D eigenvalue weighted by Crippen LogP contribution is 2.46. The molecular weight excluding hydrogens is 446 g/mol. The van der Waals surface area contributed by atoms with Gasteiger partial charge in [-0.25, -0.2) is 0 Å². The second kappa shape index (κ2) is 10.2. The number of pyridine rings is 1. The SMILES string of the molecule is Cc1ccc2c([nH+]1)OCCC[C@]21C[NH2+]C[C@H]1C(=O)N1CC[C@@H](c2ccccc2)C[C@H]1C1CCCCC1. The highest BCUT2D eigenvalue weighted by atomic mass is 16.5. The van der Waals surface area contributed by atoms with E-state index in [4.69, 9.17) is 4.74 Å². The molecule has 0 radical (unpaired) electrons. The number of nitrogens with two attached hydrogens (primary N) is 1. The smallest absolute Gasteiger partial charge is 0.370 e. The summed E-state index contributed by atoms with van der Waals surface area (Å²) in [5, 5.41) is 2.39. The van der Waals surface area contributed by atoms with E-state index in [1.54, 1.807) is 0 Å². The average Bonchev–Trinajstić information content (AvgIpc) is 3.27. The monoisotopic (exact) mass is 489 g/mol. The molecule has 1 amide bonds. The first-order chi connectivity index (χ1) is 17.7. The van der Waals surface area contributed by atoms with Crippen LogP contribution in [0.25, 0.3) is 0 Å². The molecule has 0 bridgehead atoms. The molecule has 2 aromatic rings. The molecular formula is C31H43N3O2+2. The Morgan fingerprint density at radius 3 is 2.72 bits per heavy atom. The fourth-order valence-corrected chi connectivity index (χ4v) is 8.03. The van der Waals surface area contributed by atoms with Crippen LogP contribution in [0.4, 0.5) is 0 Å². The second-order valence-electron chi connectivity index (χ2n) is 11.9. The maximum atomic E-state index is 14.6. The van der Waals surface area contributed by atoms with Gasteiger partial charge < -0.3 is 15.0 Å². The molecule has 1 saturated carbocycles. The number of carbonyl (C=O) groups is 1. The van der Waals surface area contributed by atoms with Crippen LogP contribution in [0.1, 0.15) is 80.5 Å². The summed E-state index contributed by atoms with van der Waals surface area (Å²) < 4.78 is 6.17. The van der Waals surface area contributed by atoms with Crippen LogP contribution in [0.2, 0.25) is 0 Å². The maximum Gasteiger partial charge on any atom is 0.370 e. The number of benzene rings is 1. The summed E-state index contributed by atoms with van der Waals surface area (Å²) in [5.74, 6) is 2.55. The molecule has 1 spiro atoms. The Labute approximate surface area is 216 Å². The molecule has 5 heteroatoms. The molecule has 4 atom stereocenters. The Hall–Kier alpha value is -2.40. The molecule has 2 saturated heterocycles. The summed E-state index contributed by atoms with van der Waals surface area (Å²) in [7, 11) is 0. The summed E-state index contributed by atoms with van der Waals surface area (Å²) >= 11 is 0. The molecule has 1 aromatic carbocycles. The van der Waals surface area contributed by atoms with Crippen molar-refractivity contribution in [2.75, 3.05) is 26.2 Å². The van der Waals surface area contributed by atoms with Crippen LogP contribution in [0, 0.1) is 18.8 Å². The third kappa shape index (κ3) is 4.34. The predicted octanol–water partition coefficient (Wildman–Crippen LogP) is 3.77. The first kappa shape index (κ1) is 24.0. The third-order valence-corrected chi connectivity index (χ3v) is 9.87. The van der Waals surface area contributed by atoms with Gasteiger partial charge in [0.25, 0.3) is 0 Å². The van der Waals surface area contributed by atoms with E-state index in [-0.39, 0.29) is 11.3 Å². The summed E-state index contributed by atoms with van der Waals surface area (Å²) in [6.07, 6.45) is 10.8. The van der Waals surface area contributed by atoms with E-state index in [1.165, 1.54) is 43.2 Å². The van der Waals surface area contributed by atoms with E-state index >= 15 is 0 Å². The minimum atomic E-state index is -0.138. The van der Waals surface area contributed by atoms with Crippen molar-refractivity contribution in [2.24, 2.45) is 11.8 Å². The first-order valence-electron chi connectivity index (χ1n) is 14.5. The van der Waals surface area contributed by atoms with Crippen molar-refractivity contribution >= 4 is 5.91 Å². The molecule has 0 unspecified atom stereocenters. The molecule has 3 aliphatic heterocycles. The van der Waals surface area contributed by atoms with Gasteiger partial charge in [0, 0.05) is 25.6 Å². The van der Waals surface area contributed by atoms with E-state index in [2.05, 4.69) is 64.6 Å². The lowest BCUT2D eigenvalue weighted by Crippen LogP contribution is -2.82. The van der Waals surface area contributed by atoms with Crippen LogP contribution in [0.3, 0.4) is 0 Å². The van der Waals surface area contributed by atoms with Gasteiger partial charge >= 0.3 is 5.88 Å². The number of ether oxygens (including phenoxy) is 1. The van der Waals surface area contributed by atoms with Crippen LogP contribution in [0.5, 0.6) is 5.88 Å². The maximum absolute atomic E-state index is 14.6. The zero-order valence-electron chi connectivity index (χ0n) is 21.9. The third-order valence-electron chi connectivity index (χ3n) is 9.87. The number of fused-ring (bicyclic) bond motifs is 2. The summed E-state index contributed by atoms with van der Waals surface area (Å²) in [4.78, 5) is 20.5. The number of carbonyl (C=O) groups excluding carboxylic acids is 1. The van der Waals surface area contributed by atoms with E-state index < -0.39 is 0 Å². The normalized spacial score (nSPS) is 31.0. The number of quaternary nitrogens is 1. The topological polar surface area (TPSA) is 60.3 Å². The van der Waals surface area contributed by atoms with Crippen LogP contribution < -0.4 is 15.0 Å². The highest BCUT2D eigenvalue weighted by Gasteiger charge is 2.56. The van der Waals surface area contributed by atoms with E-state index in [0.717, 1.165) is 63.5 Å². The Balaban J connectivity index is 1.31. The number of H-pyrrole nitrogens is 1. The number of nitrogens with zero attached hydrogens (tertiary/aromatic N) is 1. The molecule has 192 valence electrons. The fraction of sp³-hybridized carbons (Fsp3) is 0.613. The zero-order valence-corrected chi connectivity index (χ0v) is 21.9. The summed E-state index contributed by atoms with van der Waals surface area (Å²) in [6.45, 7) is 5.57. The molecule has 4 heterocycles. The molecule has 3 N–H and O–H groups in total. The van der Waals surface area contributed by atoms with Crippen LogP contribution >= 0.6 is 0 Å². The van der Waals surface area contributed by atoms with Gasteiger partial charge in [-0.2, -0.15) is 4.98 Å². The average molecular weight is 490 g/mol. The van der Waals surface area contributed by atoms with Crippen molar-refractivity contribution < 1.29 is 19.8 Å². The largest absolute Gasteiger partial charge is 0.444 e. The number of amides is 1. The number of aryl methyl sites for hydroxylation is 1. The minimum Gasteiger partial charge on any atom is -0.444 e. The molecule has 4 aliphatic rings. The lowest BCUT2D eigenvalue weighted by Gasteiger charge is -2.46. The first-order valence-corrected chi connectivity index (χ1v) is 14.5. The Bertz CT molecular complexity index is 1070. The second-order valence-corrected chi connectivity index (χ2v) is 11.9. The summed E-state index contributed by atoms with van der Waals surface area (Å²) in [6, 6.07) is 15.8. The van der Waals surface area contributed by atoms with Gasteiger partial charge in [-0.15, -0.1) is 0 Å².